The maximum Gasteiger partial charge on any atom is 0.136 e. The van der Waals surface area contributed by atoms with Crippen LogP contribution in [0.5, 0.6) is 0 Å². The van der Waals surface area contributed by atoms with Crippen molar-refractivity contribution in [2.45, 2.75) is 6.92 Å². The summed E-state index contributed by atoms with van der Waals surface area (Å²) < 4.78 is 0. The normalized spacial score (nSPS) is 10.3. The first-order valence-corrected chi connectivity index (χ1v) is 4.26. The Morgan fingerprint density at radius 3 is 2.92 bits per heavy atom. The first-order chi connectivity index (χ1) is 6.27. The summed E-state index contributed by atoms with van der Waals surface area (Å²) in [5.41, 5.74) is 2.96. The zero-order chi connectivity index (χ0) is 9.26. The van der Waals surface area contributed by atoms with Gasteiger partial charge >= 0.3 is 0 Å². The van der Waals surface area contributed by atoms with Crippen LogP contribution in [-0.2, 0) is 0 Å². The van der Waals surface area contributed by atoms with Gasteiger partial charge in [0.15, 0.2) is 0 Å². The number of rotatable bonds is 1. The molecule has 2 rings (SSSR count). The molecule has 0 aromatic carbocycles. The lowest BCUT2D eigenvalue weighted by atomic mass is 10.1. The van der Waals surface area contributed by atoms with E-state index in [0.717, 1.165) is 16.7 Å². The van der Waals surface area contributed by atoms with E-state index in [2.05, 4.69) is 15.2 Å². The Morgan fingerprint density at radius 1 is 1.38 bits per heavy atom. The Bertz CT molecular complexity index is 409. The monoisotopic (exact) mass is 193 g/mol. The van der Waals surface area contributed by atoms with Gasteiger partial charge in [-0.05, 0) is 18.6 Å². The van der Waals surface area contributed by atoms with Crippen LogP contribution in [0.2, 0.25) is 5.15 Å². The molecule has 0 bridgehead atoms. The van der Waals surface area contributed by atoms with Crippen molar-refractivity contribution < 1.29 is 0 Å². The first kappa shape index (κ1) is 8.26. The molecule has 0 aliphatic heterocycles. The number of nitrogens with one attached hydrogen (secondary N) is 1. The maximum atomic E-state index is 5.93. The molecule has 0 spiro atoms. The predicted molar refractivity (Wildman–Crippen MR) is 51.6 cm³/mol. The third-order valence-electron chi connectivity index (χ3n) is 1.79. The van der Waals surface area contributed by atoms with Crippen molar-refractivity contribution >= 4 is 11.6 Å². The van der Waals surface area contributed by atoms with Gasteiger partial charge in [-0.1, -0.05) is 11.6 Å². The van der Waals surface area contributed by atoms with Gasteiger partial charge in [-0.25, -0.2) is 4.98 Å². The number of aromatic nitrogens is 3. The van der Waals surface area contributed by atoms with Crippen LogP contribution in [0.1, 0.15) is 5.56 Å². The molecule has 2 aromatic rings. The van der Waals surface area contributed by atoms with E-state index in [9.17, 15) is 0 Å². The van der Waals surface area contributed by atoms with Gasteiger partial charge in [-0.15, -0.1) is 0 Å². The second-order valence-electron chi connectivity index (χ2n) is 2.84. The largest absolute Gasteiger partial charge is 0.285 e. The molecule has 0 saturated carbocycles. The Balaban J connectivity index is 2.57. The van der Waals surface area contributed by atoms with Crippen molar-refractivity contribution in [2.75, 3.05) is 0 Å². The van der Waals surface area contributed by atoms with Gasteiger partial charge in [0.05, 0.1) is 6.20 Å². The van der Waals surface area contributed by atoms with E-state index in [1.807, 2.05) is 13.0 Å². The van der Waals surface area contributed by atoms with E-state index in [4.69, 9.17) is 11.6 Å². The van der Waals surface area contributed by atoms with Gasteiger partial charge in [0.2, 0.25) is 0 Å². The number of halogens is 1. The Morgan fingerprint density at radius 2 is 2.23 bits per heavy atom. The fourth-order valence-electron chi connectivity index (χ4n) is 1.15. The molecule has 0 saturated heterocycles. The Kier molecular flexibility index (Phi) is 2.02. The molecule has 1 N–H and O–H groups in total. The third kappa shape index (κ3) is 1.55. The van der Waals surface area contributed by atoms with Crippen LogP contribution in [0.25, 0.3) is 11.1 Å². The lowest BCUT2D eigenvalue weighted by Gasteiger charge is -2.00. The number of pyridine rings is 1. The van der Waals surface area contributed by atoms with Gasteiger partial charge in [0.1, 0.15) is 5.15 Å². The molecular formula is C9H8ClN3. The first-order valence-electron chi connectivity index (χ1n) is 3.88. The molecule has 0 radical (unpaired) electrons. The van der Waals surface area contributed by atoms with Crippen LogP contribution in [0.15, 0.2) is 24.7 Å². The maximum absolute atomic E-state index is 5.93. The fraction of sp³-hybridized carbons (Fsp3) is 0.111. The average molecular weight is 194 g/mol. The molecule has 66 valence electrons. The molecule has 0 fully saturated rings. The summed E-state index contributed by atoms with van der Waals surface area (Å²) >= 11 is 5.93. The summed E-state index contributed by atoms with van der Waals surface area (Å²) in [5.74, 6) is 0. The van der Waals surface area contributed by atoms with Crippen LogP contribution in [-0.4, -0.2) is 15.2 Å². The molecular weight excluding hydrogens is 186 g/mol. The van der Waals surface area contributed by atoms with E-state index >= 15 is 0 Å². The quantitative estimate of drug-likeness (QED) is 0.707. The van der Waals surface area contributed by atoms with Crippen molar-refractivity contribution in [3.63, 3.8) is 0 Å². The minimum absolute atomic E-state index is 0.506. The van der Waals surface area contributed by atoms with Crippen molar-refractivity contribution in [1.82, 2.24) is 15.2 Å². The van der Waals surface area contributed by atoms with E-state index in [1.165, 1.54) is 0 Å². The molecule has 0 aliphatic rings. The van der Waals surface area contributed by atoms with Crippen LogP contribution >= 0.6 is 11.6 Å². The van der Waals surface area contributed by atoms with Gasteiger partial charge in [-0.2, -0.15) is 5.10 Å². The standard InChI is InChI=1S/C9H8ClN3/c1-6-2-8(9(10)11-3-6)7-4-12-13-5-7/h2-5H,1H3,(H,12,13). The van der Waals surface area contributed by atoms with Crippen molar-refractivity contribution in [2.24, 2.45) is 0 Å². The van der Waals surface area contributed by atoms with Crippen molar-refractivity contribution in [1.29, 1.82) is 0 Å². The molecule has 0 aliphatic carbocycles. The Labute approximate surface area is 80.8 Å². The highest BCUT2D eigenvalue weighted by Crippen LogP contribution is 2.25. The topological polar surface area (TPSA) is 41.6 Å². The van der Waals surface area contributed by atoms with E-state index in [1.54, 1.807) is 18.6 Å². The highest BCUT2D eigenvalue weighted by molar-refractivity contribution is 6.32. The highest BCUT2D eigenvalue weighted by atomic mass is 35.5. The molecule has 2 aromatic heterocycles. The molecule has 0 unspecified atom stereocenters. The Hall–Kier alpha value is -1.35. The predicted octanol–water partition coefficient (Wildman–Crippen LogP) is 2.43. The van der Waals surface area contributed by atoms with Crippen molar-refractivity contribution in [3.8, 4) is 11.1 Å². The number of aromatic amines is 1. The summed E-state index contributed by atoms with van der Waals surface area (Å²) in [6.45, 7) is 1.98. The number of nitrogens with zero attached hydrogens (tertiary/aromatic N) is 2. The summed E-state index contributed by atoms with van der Waals surface area (Å²) in [5, 5.41) is 7.10. The summed E-state index contributed by atoms with van der Waals surface area (Å²) in [4.78, 5) is 4.06. The van der Waals surface area contributed by atoms with Crippen LogP contribution < -0.4 is 0 Å². The van der Waals surface area contributed by atoms with E-state index in [-0.39, 0.29) is 0 Å². The van der Waals surface area contributed by atoms with Crippen LogP contribution in [0, 0.1) is 6.92 Å². The summed E-state index contributed by atoms with van der Waals surface area (Å²) in [6.07, 6.45) is 5.26. The SMILES string of the molecule is Cc1cnc(Cl)c(-c2cn[nH]c2)c1. The van der Waals surface area contributed by atoms with Crippen LogP contribution in [0.3, 0.4) is 0 Å². The molecule has 0 atom stereocenters. The second-order valence-corrected chi connectivity index (χ2v) is 3.20. The third-order valence-corrected chi connectivity index (χ3v) is 2.09. The van der Waals surface area contributed by atoms with Gasteiger partial charge in [0.25, 0.3) is 0 Å². The lowest BCUT2D eigenvalue weighted by Crippen LogP contribution is -1.83. The zero-order valence-electron chi connectivity index (χ0n) is 7.08. The number of H-pyrrole nitrogens is 1. The molecule has 3 nitrogen and oxygen atoms in total. The van der Waals surface area contributed by atoms with Crippen LogP contribution in [0.4, 0.5) is 0 Å². The lowest BCUT2D eigenvalue weighted by molar-refractivity contribution is 1.09. The number of hydrogen-bond acceptors (Lipinski definition) is 2. The fourth-order valence-corrected chi connectivity index (χ4v) is 1.37. The molecule has 13 heavy (non-hydrogen) atoms. The van der Waals surface area contributed by atoms with Gasteiger partial charge in [-0.3, -0.25) is 5.10 Å². The smallest absolute Gasteiger partial charge is 0.136 e. The highest BCUT2D eigenvalue weighted by Gasteiger charge is 2.05. The molecule has 2 heterocycles. The minimum atomic E-state index is 0.506. The van der Waals surface area contributed by atoms with Crippen molar-refractivity contribution in [3.05, 3.63) is 35.4 Å². The second kappa shape index (κ2) is 3.18. The van der Waals surface area contributed by atoms with E-state index in [0.29, 0.717) is 5.15 Å². The van der Waals surface area contributed by atoms with Gasteiger partial charge in [0, 0.05) is 23.5 Å². The number of aryl methyl sites for hydroxylation is 1. The van der Waals surface area contributed by atoms with Gasteiger partial charge < -0.3 is 0 Å². The molecule has 0 amide bonds. The minimum Gasteiger partial charge on any atom is -0.285 e. The number of hydrogen-bond donors (Lipinski definition) is 1. The summed E-state index contributed by atoms with van der Waals surface area (Å²) in [7, 11) is 0. The molecule has 4 heteroatoms. The average Bonchev–Trinajstić information content (AvgIpc) is 2.61. The summed E-state index contributed by atoms with van der Waals surface area (Å²) in [6, 6.07) is 1.99. The zero-order valence-corrected chi connectivity index (χ0v) is 7.84. The van der Waals surface area contributed by atoms with E-state index < -0.39 is 0 Å².